The van der Waals surface area contributed by atoms with Gasteiger partial charge in [-0.3, -0.25) is 0 Å². The molecular weight excluding hydrogens is 214 g/mol. The third kappa shape index (κ3) is 4.06. The number of rotatable bonds is 6. The van der Waals surface area contributed by atoms with Gasteiger partial charge < -0.3 is 10.2 Å². The van der Waals surface area contributed by atoms with Gasteiger partial charge in [0.05, 0.1) is 6.54 Å². The Bertz CT molecular complexity index is 302. The van der Waals surface area contributed by atoms with E-state index in [9.17, 15) is 8.78 Å². The molecule has 0 spiro atoms. The van der Waals surface area contributed by atoms with Gasteiger partial charge in [0.15, 0.2) is 0 Å². The van der Waals surface area contributed by atoms with Crippen LogP contribution in [0.4, 0.5) is 14.7 Å². The molecule has 0 bridgehead atoms. The number of halogens is 2. The topological polar surface area (TPSA) is 41.1 Å². The van der Waals surface area contributed by atoms with Gasteiger partial charge in [0.2, 0.25) is 5.95 Å². The largest absolute Gasteiger partial charge is 0.338 e. The van der Waals surface area contributed by atoms with Crippen LogP contribution in [0.5, 0.6) is 0 Å². The average Bonchev–Trinajstić information content (AvgIpc) is 2.26. The second-order valence-electron chi connectivity index (χ2n) is 3.44. The van der Waals surface area contributed by atoms with Crippen molar-refractivity contribution in [2.45, 2.75) is 19.9 Å². The molecule has 0 aliphatic carbocycles. The summed E-state index contributed by atoms with van der Waals surface area (Å²) >= 11 is 0. The third-order valence-electron chi connectivity index (χ3n) is 2.02. The molecule has 90 valence electrons. The Kier molecular flexibility index (Phi) is 5.04. The summed E-state index contributed by atoms with van der Waals surface area (Å²) in [6.07, 6.45) is 0.912. The number of nitrogens with zero attached hydrogens (tertiary/aromatic N) is 3. The molecule has 0 unspecified atom stereocenters. The van der Waals surface area contributed by atoms with Crippen LogP contribution in [-0.2, 0) is 6.54 Å². The van der Waals surface area contributed by atoms with Crippen molar-refractivity contribution in [3.05, 3.63) is 18.0 Å². The zero-order valence-electron chi connectivity index (χ0n) is 9.45. The van der Waals surface area contributed by atoms with Gasteiger partial charge in [-0.2, -0.15) is 0 Å². The van der Waals surface area contributed by atoms with Crippen LogP contribution in [0.25, 0.3) is 0 Å². The fourth-order valence-corrected chi connectivity index (χ4v) is 1.19. The van der Waals surface area contributed by atoms with E-state index in [-0.39, 0.29) is 6.54 Å². The molecule has 0 fully saturated rings. The molecule has 0 aliphatic heterocycles. The first kappa shape index (κ1) is 12.8. The van der Waals surface area contributed by atoms with Crippen LogP contribution < -0.4 is 10.2 Å². The highest BCUT2D eigenvalue weighted by atomic mass is 19.3. The average molecular weight is 230 g/mol. The molecule has 4 nitrogen and oxygen atoms in total. The van der Waals surface area contributed by atoms with Crippen molar-refractivity contribution in [2.24, 2.45) is 0 Å². The van der Waals surface area contributed by atoms with Crippen LogP contribution >= 0.6 is 0 Å². The predicted molar refractivity (Wildman–Crippen MR) is 58.7 cm³/mol. The molecular formula is C10H16F2N4. The quantitative estimate of drug-likeness (QED) is 0.799. The Balaban J connectivity index is 2.56. The monoisotopic (exact) mass is 230 g/mol. The van der Waals surface area contributed by atoms with Crippen LogP contribution in [0.3, 0.4) is 0 Å². The lowest BCUT2D eigenvalue weighted by atomic mass is 10.3. The fraction of sp³-hybridized carbons (Fsp3) is 0.600. The van der Waals surface area contributed by atoms with Gasteiger partial charge in [-0.25, -0.2) is 18.7 Å². The number of hydrogen-bond donors (Lipinski definition) is 1. The Hall–Kier alpha value is -1.30. The zero-order chi connectivity index (χ0) is 12.0. The van der Waals surface area contributed by atoms with E-state index in [0.717, 1.165) is 12.1 Å². The summed E-state index contributed by atoms with van der Waals surface area (Å²) in [4.78, 5) is 9.39. The summed E-state index contributed by atoms with van der Waals surface area (Å²) in [5, 5.41) is 3.13. The molecule has 6 heteroatoms. The van der Waals surface area contributed by atoms with Crippen molar-refractivity contribution in [3.8, 4) is 0 Å². The van der Waals surface area contributed by atoms with Crippen molar-refractivity contribution >= 4 is 5.95 Å². The molecule has 0 radical (unpaired) electrons. The zero-order valence-corrected chi connectivity index (χ0v) is 9.45. The number of hydrogen-bond acceptors (Lipinski definition) is 4. The van der Waals surface area contributed by atoms with Crippen LogP contribution in [0.1, 0.15) is 12.5 Å². The number of aromatic nitrogens is 2. The highest BCUT2D eigenvalue weighted by Crippen LogP contribution is 2.07. The van der Waals surface area contributed by atoms with E-state index >= 15 is 0 Å². The van der Waals surface area contributed by atoms with Gasteiger partial charge in [0, 0.05) is 31.5 Å². The highest BCUT2D eigenvalue weighted by molar-refractivity contribution is 5.28. The van der Waals surface area contributed by atoms with Gasteiger partial charge in [0.1, 0.15) is 0 Å². The maximum Gasteiger partial charge on any atom is 0.255 e. The van der Waals surface area contributed by atoms with E-state index in [1.165, 1.54) is 4.90 Å². The molecule has 0 saturated heterocycles. The molecule has 1 aromatic rings. The Morgan fingerprint density at radius 1 is 1.38 bits per heavy atom. The van der Waals surface area contributed by atoms with Gasteiger partial charge >= 0.3 is 0 Å². The van der Waals surface area contributed by atoms with Crippen molar-refractivity contribution in [1.82, 2.24) is 15.3 Å². The molecule has 1 rings (SSSR count). The summed E-state index contributed by atoms with van der Waals surface area (Å²) < 4.78 is 24.2. The molecule has 0 atom stereocenters. The first-order chi connectivity index (χ1) is 7.63. The van der Waals surface area contributed by atoms with Gasteiger partial charge in [-0.1, -0.05) is 6.92 Å². The highest BCUT2D eigenvalue weighted by Gasteiger charge is 2.10. The standard InChI is InChI=1S/C10H16F2N4/c1-3-13-4-8-5-14-10(15-6-8)16(2)7-9(11)12/h5-6,9,13H,3-4,7H2,1-2H3. The molecule has 1 aromatic heterocycles. The van der Waals surface area contributed by atoms with E-state index in [2.05, 4.69) is 15.3 Å². The predicted octanol–water partition coefficient (Wildman–Crippen LogP) is 1.29. The number of anilines is 1. The van der Waals surface area contributed by atoms with Gasteiger partial charge in [-0.15, -0.1) is 0 Å². The minimum Gasteiger partial charge on any atom is -0.338 e. The Labute approximate surface area is 93.7 Å². The van der Waals surface area contributed by atoms with Crippen LogP contribution in [0.15, 0.2) is 12.4 Å². The molecule has 0 aromatic carbocycles. The van der Waals surface area contributed by atoms with Gasteiger partial charge in [-0.05, 0) is 6.54 Å². The molecule has 1 N–H and O–H groups in total. The Morgan fingerprint density at radius 2 is 2.00 bits per heavy atom. The summed E-state index contributed by atoms with van der Waals surface area (Å²) in [5.41, 5.74) is 0.941. The van der Waals surface area contributed by atoms with Crippen LogP contribution in [0, 0.1) is 0 Å². The van der Waals surface area contributed by atoms with E-state index in [0.29, 0.717) is 12.5 Å². The smallest absolute Gasteiger partial charge is 0.255 e. The SMILES string of the molecule is CCNCc1cnc(N(C)CC(F)F)nc1. The summed E-state index contributed by atoms with van der Waals surface area (Å²) in [6.45, 7) is 3.21. The molecule has 16 heavy (non-hydrogen) atoms. The van der Waals surface area contributed by atoms with E-state index in [4.69, 9.17) is 0 Å². The second-order valence-corrected chi connectivity index (χ2v) is 3.44. The van der Waals surface area contributed by atoms with Crippen molar-refractivity contribution in [3.63, 3.8) is 0 Å². The third-order valence-corrected chi connectivity index (χ3v) is 2.02. The van der Waals surface area contributed by atoms with E-state index < -0.39 is 6.43 Å². The van der Waals surface area contributed by atoms with Crippen molar-refractivity contribution in [2.75, 3.05) is 25.0 Å². The normalized spacial score (nSPS) is 10.8. The minimum atomic E-state index is -2.38. The number of nitrogens with one attached hydrogen (secondary N) is 1. The maximum atomic E-state index is 12.1. The first-order valence-corrected chi connectivity index (χ1v) is 5.14. The molecule has 1 heterocycles. The minimum absolute atomic E-state index is 0.320. The molecule has 0 aliphatic rings. The lowest BCUT2D eigenvalue weighted by molar-refractivity contribution is 0.156. The van der Waals surface area contributed by atoms with Crippen LogP contribution in [-0.4, -0.2) is 36.5 Å². The first-order valence-electron chi connectivity index (χ1n) is 5.14. The summed E-state index contributed by atoms with van der Waals surface area (Å²) in [6, 6.07) is 0. The molecule has 0 amide bonds. The molecule has 0 saturated carbocycles. The number of alkyl halides is 2. The lowest BCUT2D eigenvalue weighted by Gasteiger charge is -2.16. The summed E-state index contributed by atoms with van der Waals surface area (Å²) in [5.74, 6) is 0.320. The maximum absolute atomic E-state index is 12.1. The van der Waals surface area contributed by atoms with E-state index in [1.807, 2.05) is 6.92 Å². The van der Waals surface area contributed by atoms with Crippen molar-refractivity contribution in [1.29, 1.82) is 0 Å². The summed E-state index contributed by atoms with van der Waals surface area (Å²) in [7, 11) is 1.55. The van der Waals surface area contributed by atoms with Crippen molar-refractivity contribution < 1.29 is 8.78 Å². The Morgan fingerprint density at radius 3 is 2.50 bits per heavy atom. The fourth-order valence-electron chi connectivity index (χ4n) is 1.19. The second kappa shape index (κ2) is 6.32. The van der Waals surface area contributed by atoms with E-state index in [1.54, 1.807) is 19.4 Å². The van der Waals surface area contributed by atoms with Crippen LogP contribution in [0.2, 0.25) is 0 Å². The lowest BCUT2D eigenvalue weighted by Crippen LogP contribution is -2.26. The van der Waals surface area contributed by atoms with Gasteiger partial charge in [0.25, 0.3) is 6.43 Å².